The maximum absolute atomic E-state index is 10.5. The fourth-order valence-electron chi connectivity index (χ4n) is 4.70. The van der Waals surface area contributed by atoms with E-state index in [1.54, 1.807) is 27.2 Å². The van der Waals surface area contributed by atoms with Crippen LogP contribution in [0.1, 0.15) is 30.5 Å². The van der Waals surface area contributed by atoms with Crippen molar-refractivity contribution in [3.05, 3.63) is 120 Å². The molecule has 5 nitrogen and oxygen atoms in total. The summed E-state index contributed by atoms with van der Waals surface area (Å²) in [6.07, 6.45) is 4.53. The Bertz CT molecular complexity index is 1090. The average molecular weight is 485 g/mol. The van der Waals surface area contributed by atoms with Gasteiger partial charge in [-0.2, -0.15) is 0 Å². The van der Waals surface area contributed by atoms with Crippen LogP contribution in [0.5, 0.6) is 0 Å². The number of aliphatic hydroxyl groups is 1. The second kappa shape index (κ2) is 11.1. The van der Waals surface area contributed by atoms with Crippen molar-refractivity contribution < 1.29 is 24.1 Å². The Morgan fingerprint density at radius 3 is 1.83 bits per heavy atom. The molecular formula is C31H32O5. The molecule has 1 fully saturated rings. The van der Waals surface area contributed by atoms with Gasteiger partial charge in [-0.15, -0.1) is 6.42 Å². The lowest BCUT2D eigenvalue weighted by atomic mass is 9.80. The zero-order valence-electron chi connectivity index (χ0n) is 20.8. The molecule has 1 N–H and O–H groups in total. The number of methoxy groups -OCH3 is 1. The van der Waals surface area contributed by atoms with Crippen molar-refractivity contribution in [2.75, 3.05) is 13.7 Å². The molecule has 3 atom stereocenters. The number of ether oxygens (including phenoxy) is 4. The normalized spacial score (nSPS) is 20.5. The molecule has 1 aliphatic heterocycles. The smallest absolute Gasteiger partial charge is 0.164 e. The summed E-state index contributed by atoms with van der Waals surface area (Å²) in [5, 5.41) is 10.5. The van der Waals surface area contributed by atoms with Gasteiger partial charge in [0.15, 0.2) is 5.79 Å². The molecule has 3 aromatic rings. The first-order valence-corrected chi connectivity index (χ1v) is 11.9. The van der Waals surface area contributed by atoms with Gasteiger partial charge in [-0.3, -0.25) is 0 Å². The van der Waals surface area contributed by atoms with Crippen LogP contribution in [0.15, 0.2) is 103 Å². The molecule has 0 saturated carbocycles. The number of aliphatic hydroxyl groups excluding tert-OH is 1. The molecule has 3 aromatic carbocycles. The molecule has 1 aliphatic rings. The highest BCUT2D eigenvalue weighted by Crippen LogP contribution is 2.42. The van der Waals surface area contributed by atoms with E-state index in [1.165, 1.54) is 0 Å². The Labute approximate surface area is 213 Å². The molecular weight excluding hydrogens is 452 g/mol. The summed E-state index contributed by atoms with van der Waals surface area (Å²) in [6.45, 7) is 3.71. The van der Waals surface area contributed by atoms with Crippen LogP contribution in [0.2, 0.25) is 0 Å². The van der Waals surface area contributed by atoms with Gasteiger partial charge in [0.05, 0.1) is 20.0 Å². The van der Waals surface area contributed by atoms with Crippen molar-refractivity contribution in [1.82, 2.24) is 0 Å². The van der Waals surface area contributed by atoms with Crippen molar-refractivity contribution >= 4 is 0 Å². The van der Waals surface area contributed by atoms with Crippen LogP contribution >= 0.6 is 0 Å². The second-order valence-electron chi connectivity index (χ2n) is 9.13. The molecule has 0 amide bonds. The molecule has 1 heterocycles. The molecule has 4 rings (SSSR count). The number of terminal acetylenes is 1. The SMILES string of the molecule is C#C[C@H](O)[C@@H]1OC(C)(C)O[C@@H]1C(=COC)COC(c1ccccc1)(c1ccccc1)c1ccccc1. The van der Waals surface area contributed by atoms with E-state index in [4.69, 9.17) is 25.4 Å². The topological polar surface area (TPSA) is 57.2 Å². The van der Waals surface area contributed by atoms with Crippen molar-refractivity contribution in [1.29, 1.82) is 0 Å². The fourth-order valence-corrected chi connectivity index (χ4v) is 4.70. The Balaban J connectivity index is 1.80. The van der Waals surface area contributed by atoms with Crippen LogP contribution in [-0.4, -0.2) is 42.9 Å². The maximum Gasteiger partial charge on any atom is 0.164 e. The summed E-state index contributed by atoms with van der Waals surface area (Å²) in [5.41, 5.74) is 2.66. The van der Waals surface area contributed by atoms with Crippen LogP contribution in [-0.2, 0) is 24.5 Å². The molecule has 0 unspecified atom stereocenters. The van der Waals surface area contributed by atoms with Gasteiger partial charge in [0.25, 0.3) is 0 Å². The highest BCUT2D eigenvalue weighted by molar-refractivity contribution is 5.47. The molecule has 36 heavy (non-hydrogen) atoms. The first kappa shape index (κ1) is 25.7. The van der Waals surface area contributed by atoms with Crippen molar-refractivity contribution in [2.45, 2.75) is 43.5 Å². The van der Waals surface area contributed by atoms with Crippen LogP contribution in [0.25, 0.3) is 0 Å². The van der Waals surface area contributed by atoms with E-state index in [0.717, 1.165) is 16.7 Å². The van der Waals surface area contributed by atoms with E-state index < -0.39 is 29.7 Å². The second-order valence-corrected chi connectivity index (χ2v) is 9.13. The third-order valence-electron chi connectivity index (χ3n) is 6.24. The maximum atomic E-state index is 10.5. The van der Waals surface area contributed by atoms with Gasteiger partial charge in [-0.1, -0.05) is 96.9 Å². The molecule has 186 valence electrons. The standard InChI is InChI=1S/C31H32O5/c1-5-27(32)29-28(35-30(2,3)36-29)23(21-33-4)22-34-31(24-15-9-6-10-16-24,25-17-11-7-12-18-25)26-19-13-8-14-20-26/h1,6-21,27-29,32H,22H2,2-4H3/t27-,28+,29-/m0/s1. The van der Waals surface area contributed by atoms with Gasteiger partial charge in [0, 0.05) is 5.57 Å². The Kier molecular flexibility index (Phi) is 7.93. The summed E-state index contributed by atoms with van der Waals surface area (Å²) < 4.78 is 24.5. The summed E-state index contributed by atoms with van der Waals surface area (Å²) in [7, 11) is 1.56. The molecule has 0 aromatic heterocycles. The molecule has 0 aliphatic carbocycles. The van der Waals surface area contributed by atoms with Gasteiger partial charge in [0.1, 0.15) is 23.9 Å². The van der Waals surface area contributed by atoms with Gasteiger partial charge >= 0.3 is 0 Å². The van der Waals surface area contributed by atoms with Crippen LogP contribution in [0.3, 0.4) is 0 Å². The fraction of sp³-hybridized carbons (Fsp3) is 0.290. The van der Waals surface area contributed by atoms with Gasteiger partial charge in [-0.25, -0.2) is 0 Å². The molecule has 1 saturated heterocycles. The lowest BCUT2D eigenvalue weighted by molar-refractivity contribution is -0.150. The van der Waals surface area contributed by atoms with E-state index in [0.29, 0.717) is 5.57 Å². The summed E-state index contributed by atoms with van der Waals surface area (Å²) in [6, 6.07) is 30.3. The number of hydrogen-bond acceptors (Lipinski definition) is 5. The lowest BCUT2D eigenvalue weighted by Crippen LogP contribution is -2.39. The summed E-state index contributed by atoms with van der Waals surface area (Å²) >= 11 is 0. The Morgan fingerprint density at radius 1 is 0.944 bits per heavy atom. The quantitative estimate of drug-likeness (QED) is 0.262. The predicted molar refractivity (Wildman–Crippen MR) is 139 cm³/mol. The lowest BCUT2D eigenvalue weighted by Gasteiger charge is -2.36. The minimum atomic E-state index is -1.15. The summed E-state index contributed by atoms with van der Waals surface area (Å²) in [4.78, 5) is 0. The monoisotopic (exact) mass is 484 g/mol. The van der Waals surface area contributed by atoms with E-state index in [-0.39, 0.29) is 6.61 Å². The predicted octanol–water partition coefficient (Wildman–Crippen LogP) is 5.04. The van der Waals surface area contributed by atoms with Crippen molar-refractivity contribution in [3.63, 3.8) is 0 Å². The molecule has 0 spiro atoms. The first-order chi connectivity index (χ1) is 17.4. The van der Waals surface area contributed by atoms with E-state index >= 15 is 0 Å². The third-order valence-corrected chi connectivity index (χ3v) is 6.24. The minimum absolute atomic E-state index is 0.129. The molecule has 0 bridgehead atoms. The summed E-state index contributed by atoms with van der Waals surface area (Å²) in [5.74, 6) is 1.43. The van der Waals surface area contributed by atoms with E-state index in [9.17, 15) is 5.11 Å². The molecule has 0 radical (unpaired) electrons. The van der Waals surface area contributed by atoms with Crippen LogP contribution in [0.4, 0.5) is 0 Å². The van der Waals surface area contributed by atoms with Gasteiger partial charge in [-0.05, 0) is 30.5 Å². The number of rotatable bonds is 9. The van der Waals surface area contributed by atoms with Crippen LogP contribution in [0, 0.1) is 12.3 Å². The zero-order valence-corrected chi connectivity index (χ0v) is 20.8. The van der Waals surface area contributed by atoms with E-state index in [1.807, 2.05) is 54.6 Å². The van der Waals surface area contributed by atoms with Crippen LogP contribution < -0.4 is 0 Å². The number of benzene rings is 3. The van der Waals surface area contributed by atoms with Gasteiger partial charge < -0.3 is 24.1 Å². The Morgan fingerprint density at radius 2 is 1.42 bits per heavy atom. The van der Waals surface area contributed by atoms with Crippen molar-refractivity contribution in [2.24, 2.45) is 0 Å². The highest BCUT2D eigenvalue weighted by Gasteiger charge is 2.47. The largest absolute Gasteiger partial charge is 0.504 e. The first-order valence-electron chi connectivity index (χ1n) is 11.9. The molecule has 5 heteroatoms. The highest BCUT2D eigenvalue weighted by atomic mass is 16.8. The third kappa shape index (κ3) is 5.23. The zero-order chi connectivity index (χ0) is 25.6. The van der Waals surface area contributed by atoms with E-state index in [2.05, 4.69) is 42.3 Å². The van der Waals surface area contributed by atoms with Gasteiger partial charge in [0.2, 0.25) is 0 Å². The minimum Gasteiger partial charge on any atom is -0.504 e. The Hall–Kier alpha value is -3.40. The van der Waals surface area contributed by atoms with Crippen molar-refractivity contribution in [3.8, 4) is 12.3 Å². The average Bonchev–Trinajstić information content (AvgIpc) is 3.25. The number of hydrogen-bond donors (Lipinski definition) is 1.